The second-order valence-electron chi connectivity index (χ2n) is 6.50. The first-order chi connectivity index (χ1) is 15.0. The van der Waals surface area contributed by atoms with Crippen molar-refractivity contribution in [3.05, 3.63) is 47.5 Å². The molecule has 166 valence electrons. The Hall–Kier alpha value is -3.55. The minimum atomic E-state index is -0.563. The topological polar surface area (TPSA) is 95.5 Å². The number of esters is 1. The quantitative estimate of drug-likeness (QED) is 0.252. The number of methoxy groups -OCH3 is 2. The molecule has 0 saturated heterocycles. The largest absolute Gasteiger partial charge is 0.493 e. The highest BCUT2D eigenvalue weighted by molar-refractivity contribution is 5.92. The first-order valence-electron chi connectivity index (χ1n) is 10.0. The summed E-state index contributed by atoms with van der Waals surface area (Å²) in [4.78, 5) is 24.2. The van der Waals surface area contributed by atoms with Crippen LogP contribution in [0.5, 0.6) is 23.0 Å². The molecule has 0 unspecified atom stereocenters. The van der Waals surface area contributed by atoms with Gasteiger partial charge in [-0.25, -0.2) is 10.2 Å². The van der Waals surface area contributed by atoms with Crippen LogP contribution in [0.3, 0.4) is 0 Å². The number of nitrogens with zero attached hydrogens (tertiary/aromatic N) is 1. The van der Waals surface area contributed by atoms with E-state index < -0.39 is 5.97 Å². The maximum Gasteiger partial charge on any atom is 0.343 e. The van der Waals surface area contributed by atoms with Gasteiger partial charge in [0, 0.05) is 6.42 Å². The van der Waals surface area contributed by atoms with Crippen molar-refractivity contribution in [1.29, 1.82) is 0 Å². The monoisotopic (exact) mass is 428 g/mol. The van der Waals surface area contributed by atoms with E-state index in [0.717, 1.165) is 12.8 Å². The number of benzene rings is 2. The molecule has 8 nitrogen and oxygen atoms in total. The second-order valence-corrected chi connectivity index (χ2v) is 6.50. The molecule has 0 atom stereocenters. The molecule has 0 aliphatic heterocycles. The lowest BCUT2D eigenvalue weighted by molar-refractivity contribution is -0.121. The SMILES string of the molecule is CCCCC(=O)N/N=C\c1ccc(OC(=O)c2ccc(OC)c(OC)c2)c(OCC)c1. The van der Waals surface area contributed by atoms with Crippen molar-refractivity contribution in [2.24, 2.45) is 5.10 Å². The molecule has 0 radical (unpaired) electrons. The molecule has 2 aromatic rings. The number of hydrazone groups is 1. The predicted octanol–water partition coefficient (Wildman–Crippen LogP) is 3.96. The van der Waals surface area contributed by atoms with E-state index in [9.17, 15) is 9.59 Å². The van der Waals surface area contributed by atoms with Crippen LogP contribution in [0, 0.1) is 0 Å². The third-order valence-electron chi connectivity index (χ3n) is 4.25. The van der Waals surface area contributed by atoms with Crippen LogP contribution in [0.15, 0.2) is 41.5 Å². The van der Waals surface area contributed by atoms with E-state index >= 15 is 0 Å². The summed E-state index contributed by atoms with van der Waals surface area (Å²) in [7, 11) is 3.01. The van der Waals surface area contributed by atoms with E-state index in [1.807, 2.05) is 13.8 Å². The fourth-order valence-electron chi connectivity index (χ4n) is 2.65. The molecule has 0 saturated carbocycles. The van der Waals surface area contributed by atoms with Gasteiger partial charge in [0.2, 0.25) is 5.91 Å². The Labute approximate surface area is 182 Å². The molecule has 0 aliphatic rings. The minimum Gasteiger partial charge on any atom is -0.493 e. The number of rotatable bonds is 11. The smallest absolute Gasteiger partial charge is 0.343 e. The maximum absolute atomic E-state index is 12.6. The molecule has 0 aliphatic carbocycles. The summed E-state index contributed by atoms with van der Waals surface area (Å²) in [6, 6.07) is 9.77. The molecule has 2 aromatic carbocycles. The van der Waals surface area contributed by atoms with E-state index in [2.05, 4.69) is 10.5 Å². The van der Waals surface area contributed by atoms with Gasteiger partial charge in [-0.15, -0.1) is 0 Å². The van der Waals surface area contributed by atoms with Gasteiger partial charge in [-0.05, 0) is 55.3 Å². The molecular formula is C23H28N2O6. The van der Waals surface area contributed by atoms with E-state index in [4.69, 9.17) is 18.9 Å². The maximum atomic E-state index is 12.6. The molecule has 0 bridgehead atoms. The zero-order chi connectivity index (χ0) is 22.6. The van der Waals surface area contributed by atoms with Gasteiger partial charge < -0.3 is 18.9 Å². The Balaban J connectivity index is 2.13. The summed E-state index contributed by atoms with van der Waals surface area (Å²) in [6.45, 7) is 4.23. The van der Waals surface area contributed by atoms with Crippen LogP contribution < -0.4 is 24.4 Å². The Morgan fingerprint density at radius 2 is 1.71 bits per heavy atom. The number of carbonyl (C=O) groups is 2. The number of ether oxygens (including phenoxy) is 4. The van der Waals surface area contributed by atoms with Crippen molar-refractivity contribution in [2.75, 3.05) is 20.8 Å². The molecule has 2 rings (SSSR count). The van der Waals surface area contributed by atoms with Gasteiger partial charge in [0.05, 0.1) is 32.6 Å². The molecule has 31 heavy (non-hydrogen) atoms. The third-order valence-corrected chi connectivity index (χ3v) is 4.25. The average Bonchev–Trinajstić information content (AvgIpc) is 2.78. The zero-order valence-corrected chi connectivity index (χ0v) is 18.3. The van der Waals surface area contributed by atoms with Crippen molar-refractivity contribution in [3.63, 3.8) is 0 Å². The molecule has 0 aromatic heterocycles. The molecule has 0 heterocycles. The third kappa shape index (κ3) is 7.02. The van der Waals surface area contributed by atoms with E-state index in [0.29, 0.717) is 41.4 Å². The van der Waals surface area contributed by atoms with E-state index in [-0.39, 0.29) is 11.7 Å². The first kappa shape index (κ1) is 23.7. The summed E-state index contributed by atoms with van der Waals surface area (Å²) < 4.78 is 21.5. The highest BCUT2D eigenvalue weighted by Gasteiger charge is 2.16. The van der Waals surface area contributed by atoms with Crippen LogP contribution >= 0.6 is 0 Å². The molecule has 8 heteroatoms. The van der Waals surface area contributed by atoms with Gasteiger partial charge in [-0.1, -0.05) is 13.3 Å². The van der Waals surface area contributed by atoms with Crippen molar-refractivity contribution in [2.45, 2.75) is 33.1 Å². The van der Waals surface area contributed by atoms with E-state index in [1.165, 1.54) is 20.4 Å². The number of hydrogen-bond acceptors (Lipinski definition) is 7. The van der Waals surface area contributed by atoms with Crippen molar-refractivity contribution in [3.8, 4) is 23.0 Å². The van der Waals surface area contributed by atoms with Crippen LogP contribution in [0.25, 0.3) is 0 Å². The Kier molecular flexibility index (Phi) is 9.35. The fourth-order valence-corrected chi connectivity index (χ4v) is 2.65. The van der Waals surface area contributed by atoms with Crippen molar-refractivity contribution >= 4 is 18.1 Å². The average molecular weight is 428 g/mol. The zero-order valence-electron chi connectivity index (χ0n) is 18.3. The summed E-state index contributed by atoms with van der Waals surface area (Å²) in [6.07, 6.45) is 3.70. The molecule has 1 N–H and O–H groups in total. The summed E-state index contributed by atoms with van der Waals surface area (Å²) >= 11 is 0. The number of nitrogens with one attached hydrogen (secondary N) is 1. The lowest BCUT2D eigenvalue weighted by Crippen LogP contribution is -2.16. The normalized spacial score (nSPS) is 10.6. The van der Waals surface area contributed by atoms with Gasteiger partial charge in [0.25, 0.3) is 0 Å². The Morgan fingerprint density at radius 1 is 0.968 bits per heavy atom. The molecule has 0 spiro atoms. The second kappa shape index (κ2) is 12.2. The molecular weight excluding hydrogens is 400 g/mol. The van der Waals surface area contributed by atoms with Crippen LogP contribution in [-0.2, 0) is 4.79 Å². The van der Waals surface area contributed by atoms with Gasteiger partial charge in [-0.3, -0.25) is 4.79 Å². The summed E-state index contributed by atoms with van der Waals surface area (Å²) in [5, 5.41) is 3.96. The van der Waals surface area contributed by atoms with Crippen LogP contribution in [-0.4, -0.2) is 38.9 Å². The number of amides is 1. The standard InChI is InChI=1S/C23H28N2O6/c1-5-7-8-22(26)25-24-15-16-9-11-19(21(13-16)30-6-2)31-23(27)17-10-12-18(28-3)20(14-17)29-4/h9-15H,5-8H2,1-4H3,(H,25,26)/b24-15-. The van der Waals surface area contributed by atoms with Crippen LogP contribution in [0.1, 0.15) is 49.0 Å². The van der Waals surface area contributed by atoms with Gasteiger partial charge in [0.1, 0.15) is 0 Å². The minimum absolute atomic E-state index is 0.136. The van der Waals surface area contributed by atoms with Crippen molar-refractivity contribution < 1.29 is 28.5 Å². The van der Waals surface area contributed by atoms with Crippen molar-refractivity contribution in [1.82, 2.24) is 5.43 Å². The van der Waals surface area contributed by atoms with Gasteiger partial charge in [0.15, 0.2) is 23.0 Å². The van der Waals surface area contributed by atoms with Crippen LogP contribution in [0.2, 0.25) is 0 Å². The lowest BCUT2D eigenvalue weighted by atomic mass is 10.2. The Bertz CT molecular complexity index is 926. The first-order valence-corrected chi connectivity index (χ1v) is 10.0. The summed E-state index contributed by atoms with van der Waals surface area (Å²) in [5.74, 6) is 0.896. The van der Waals surface area contributed by atoms with Gasteiger partial charge >= 0.3 is 5.97 Å². The lowest BCUT2D eigenvalue weighted by Gasteiger charge is -2.12. The highest BCUT2D eigenvalue weighted by Crippen LogP contribution is 2.31. The molecule has 0 fully saturated rings. The fraction of sp³-hybridized carbons (Fsp3) is 0.348. The summed E-state index contributed by atoms with van der Waals surface area (Å²) in [5.41, 5.74) is 3.48. The van der Waals surface area contributed by atoms with Gasteiger partial charge in [-0.2, -0.15) is 5.10 Å². The number of unbranched alkanes of at least 4 members (excludes halogenated alkanes) is 1. The number of hydrogen-bond donors (Lipinski definition) is 1. The number of carbonyl (C=O) groups excluding carboxylic acids is 2. The highest BCUT2D eigenvalue weighted by atomic mass is 16.6. The predicted molar refractivity (Wildman–Crippen MR) is 117 cm³/mol. The van der Waals surface area contributed by atoms with Crippen LogP contribution in [0.4, 0.5) is 0 Å². The van der Waals surface area contributed by atoms with E-state index in [1.54, 1.807) is 36.4 Å². The Morgan fingerprint density at radius 3 is 2.39 bits per heavy atom. The molecule has 1 amide bonds.